The summed E-state index contributed by atoms with van der Waals surface area (Å²) in [5.74, 6) is 4.73. The highest BCUT2D eigenvalue weighted by atomic mass is 16.5. The Hall–Kier alpha value is -0.650. The van der Waals surface area contributed by atoms with E-state index in [2.05, 4.69) is 5.43 Å². The summed E-state index contributed by atoms with van der Waals surface area (Å²) in [5, 5.41) is 0. The lowest BCUT2D eigenvalue weighted by atomic mass is 10.1. The van der Waals surface area contributed by atoms with Gasteiger partial charge in [-0.05, 0) is 12.8 Å². The summed E-state index contributed by atoms with van der Waals surface area (Å²) in [7, 11) is 0. The number of carbonyl (C=O) groups is 1. The van der Waals surface area contributed by atoms with Crippen molar-refractivity contribution in [2.24, 2.45) is 5.84 Å². The van der Waals surface area contributed by atoms with E-state index in [1.807, 2.05) is 0 Å². The van der Waals surface area contributed by atoms with Crippen LogP contribution in [0.2, 0.25) is 0 Å². The number of nitrogens with one attached hydrogen (secondary N) is 1. The molecule has 76 valence electrons. The highest BCUT2D eigenvalue weighted by Crippen LogP contribution is 2.10. The zero-order chi connectivity index (χ0) is 9.52. The maximum absolute atomic E-state index is 10.7. The van der Waals surface area contributed by atoms with E-state index >= 15 is 0 Å². The van der Waals surface area contributed by atoms with Gasteiger partial charge in [0.05, 0.1) is 19.1 Å². The summed E-state index contributed by atoms with van der Waals surface area (Å²) >= 11 is 0. The van der Waals surface area contributed by atoms with Crippen LogP contribution in [0.5, 0.6) is 0 Å². The lowest BCUT2D eigenvalue weighted by Crippen LogP contribution is -2.31. The largest absolute Gasteiger partial charge is 0.381 e. The fourth-order valence-corrected chi connectivity index (χ4v) is 1.23. The summed E-state index contributed by atoms with van der Waals surface area (Å²) in [6, 6.07) is 0. The number of ether oxygens (including phenoxy) is 2. The highest BCUT2D eigenvalue weighted by molar-refractivity contribution is 5.75. The predicted molar refractivity (Wildman–Crippen MR) is 46.7 cm³/mol. The first-order valence-corrected chi connectivity index (χ1v) is 4.51. The van der Waals surface area contributed by atoms with Gasteiger partial charge in [-0.15, -0.1) is 0 Å². The molecule has 0 radical (unpaired) electrons. The number of carbonyl (C=O) groups excluding carboxylic acids is 1. The average Bonchev–Trinajstić information content (AvgIpc) is 2.19. The molecule has 0 unspecified atom stereocenters. The second-order valence-electron chi connectivity index (χ2n) is 3.00. The minimum atomic E-state index is -0.188. The van der Waals surface area contributed by atoms with Gasteiger partial charge in [-0.2, -0.15) is 0 Å². The SMILES string of the molecule is NNC(=O)CCOC1CCOCC1. The van der Waals surface area contributed by atoms with Crippen LogP contribution >= 0.6 is 0 Å². The van der Waals surface area contributed by atoms with Crippen molar-refractivity contribution < 1.29 is 14.3 Å². The lowest BCUT2D eigenvalue weighted by molar-refractivity contribution is -0.123. The van der Waals surface area contributed by atoms with E-state index in [1.54, 1.807) is 0 Å². The second-order valence-corrected chi connectivity index (χ2v) is 3.00. The van der Waals surface area contributed by atoms with Crippen molar-refractivity contribution in [2.75, 3.05) is 19.8 Å². The summed E-state index contributed by atoms with van der Waals surface area (Å²) in [4.78, 5) is 10.7. The first-order chi connectivity index (χ1) is 6.33. The molecule has 1 heterocycles. The summed E-state index contributed by atoms with van der Waals surface area (Å²) in [6.45, 7) is 1.95. The number of nitrogens with two attached hydrogens (primary N) is 1. The molecule has 0 aliphatic carbocycles. The molecule has 0 saturated carbocycles. The average molecular weight is 188 g/mol. The van der Waals surface area contributed by atoms with Crippen LogP contribution in [0.25, 0.3) is 0 Å². The second kappa shape index (κ2) is 5.90. The quantitative estimate of drug-likeness (QED) is 0.356. The van der Waals surface area contributed by atoms with Crippen LogP contribution in [0.4, 0.5) is 0 Å². The topological polar surface area (TPSA) is 73.6 Å². The van der Waals surface area contributed by atoms with Crippen molar-refractivity contribution in [1.82, 2.24) is 5.43 Å². The zero-order valence-electron chi connectivity index (χ0n) is 7.62. The molecule has 13 heavy (non-hydrogen) atoms. The van der Waals surface area contributed by atoms with E-state index < -0.39 is 0 Å². The number of hydrogen-bond acceptors (Lipinski definition) is 4. The summed E-state index contributed by atoms with van der Waals surface area (Å²) in [5.41, 5.74) is 2.06. The summed E-state index contributed by atoms with van der Waals surface area (Å²) < 4.78 is 10.6. The smallest absolute Gasteiger partial charge is 0.236 e. The Bertz CT molecular complexity index is 157. The van der Waals surface area contributed by atoms with Crippen molar-refractivity contribution in [3.05, 3.63) is 0 Å². The molecule has 0 atom stereocenters. The normalized spacial score (nSPS) is 18.5. The third-order valence-electron chi connectivity index (χ3n) is 2.01. The van der Waals surface area contributed by atoms with Crippen LogP contribution in [0.1, 0.15) is 19.3 Å². The van der Waals surface area contributed by atoms with Crippen LogP contribution in [0.15, 0.2) is 0 Å². The Morgan fingerprint density at radius 3 is 2.85 bits per heavy atom. The van der Waals surface area contributed by atoms with Gasteiger partial charge in [-0.3, -0.25) is 10.2 Å². The molecule has 5 nitrogen and oxygen atoms in total. The van der Waals surface area contributed by atoms with E-state index in [4.69, 9.17) is 15.3 Å². The maximum atomic E-state index is 10.7. The van der Waals surface area contributed by atoms with Crippen molar-refractivity contribution in [2.45, 2.75) is 25.4 Å². The van der Waals surface area contributed by atoms with E-state index in [1.165, 1.54) is 0 Å². The van der Waals surface area contributed by atoms with Gasteiger partial charge in [0.15, 0.2) is 0 Å². The first-order valence-electron chi connectivity index (χ1n) is 4.51. The van der Waals surface area contributed by atoms with E-state index in [9.17, 15) is 4.79 Å². The Balaban J connectivity index is 2.01. The van der Waals surface area contributed by atoms with Gasteiger partial charge in [0.25, 0.3) is 0 Å². The Morgan fingerprint density at radius 2 is 2.23 bits per heavy atom. The van der Waals surface area contributed by atoms with Gasteiger partial charge in [-0.1, -0.05) is 0 Å². The fourth-order valence-electron chi connectivity index (χ4n) is 1.23. The zero-order valence-corrected chi connectivity index (χ0v) is 7.62. The van der Waals surface area contributed by atoms with Crippen molar-refractivity contribution in [3.8, 4) is 0 Å². The molecule has 1 amide bonds. The Morgan fingerprint density at radius 1 is 1.54 bits per heavy atom. The molecule has 0 aromatic rings. The molecule has 0 aromatic carbocycles. The van der Waals surface area contributed by atoms with Gasteiger partial charge < -0.3 is 9.47 Å². The molecule has 3 N–H and O–H groups in total. The van der Waals surface area contributed by atoms with Gasteiger partial charge in [0, 0.05) is 13.2 Å². The Kier molecular flexibility index (Phi) is 4.74. The van der Waals surface area contributed by atoms with Crippen LogP contribution in [-0.4, -0.2) is 31.8 Å². The summed E-state index contributed by atoms with van der Waals surface area (Å²) in [6.07, 6.45) is 2.42. The number of hydrogen-bond donors (Lipinski definition) is 2. The molecule has 0 aromatic heterocycles. The van der Waals surface area contributed by atoms with Gasteiger partial charge in [0.2, 0.25) is 5.91 Å². The van der Waals surface area contributed by atoms with E-state index in [-0.39, 0.29) is 12.0 Å². The number of hydrazine groups is 1. The van der Waals surface area contributed by atoms with Crippen molar-refractivity contribution >= 4 is 5.91 Å². The monoisotopic (exact) mass is 188 g/mol. The standard InChI is InChI=1S/C8H16N2O3/c9-10-8(11)3-6-13-7-1-4-12-5-2-7/h7H,1-6,9H2,(H,10,11). The van der Waals surface area contributed by atoms with Crippen LogP contribution in [0.3, 0.4) is 0 Å². The molecule has 1 rings (SSSR count). The van der Waals surface area contributed by atoms with Crippen LogP contribution in [-0.2, 0) is 14.3 Å². The van der Waals surface area contributed by atoms with Crippen molar-refractivity contribution in [3.63, 3.8) is 0 Å². The third kappa shape index (κ3) is 4.21. The van der Waals surface area contributed by atoms with Gasteiger partial charge in [-0.25, -0.2) is 5.84 Å². The molecule has 1 fully saturated rings. The van der Waals surface area contributed by atoms with Crippen LogP contribution in [0, 0.1) is 0 Å². The molecule has 1 aliphatic rings. The number of amides is 1. The fraction of sp³-hybridized carbons (Fsp3) is 0.875. The molecule has 5 heteroatoms. The minimum Gasteiger partial charge on any atom is -0.381 e. The Labute approximate surface area is 77.5 Å². The molecule has 0 spiro atoms. The highest BCUT2D eigenvalue weighted by Gasteiger charge is 2.13. The lowest BCUT2D eigenvalue weighted by Gasteiger charge is -2.22. The minimum absolute atomic E-state index is 0.188. The van der Waals surface area contributed by atoms with Gasteiger partial charge in [0.1, 0.15) is 0 Å². The molecular weight excluding hydrogens is 172 g/mol. The van der Waals surface area contributed by atoms with Crippen molar-refractivity contribution in [1.29, 1.82) is 0 Å². The predicted octanol–water partition coefficient (Wildman–Crippen LogP) is -0.438. The van der Waals surface area contributed by atoms with Crippen LogP contribution < -0.4 is 11.3 Å². The molecular formula is C8H16N2O3. The molecule has 0 bridgehead atoms. The van der Waals surface area contributed by atoms with E-state index in [0.29, 0.717) is 13.0 Å². The first kappa shape index (κ1) is 10.4. The maximum Gasteiger partial charge on any atom is 0.236 e. The third-order valence-corrected chi connectivity index (χ3v) is 2.01. The molecule has 1 aliphatic heterocycles. The van der Waals surface area contributed by atoms with Gasteiger partial charge >= 0.3 is 0 Å². The molecule has 1 saturated heterocycles. The van der Waals surface area contributed by atoms with E-state index in [0.717, 1.165) is 26.1 Å². The number of rotatable bonds is 4.